The van der Waals surface area contributed by atoms with Crippen molar-refractivity contribution in [1.29, 1.82) is 0 Å². The van der Waals surface area contributed by atoms with Crippen LogP contribution in [0.15, 0.2) is 11.6 Å². The molecule has 3 aliphatic rings. The van der Waals surface area contributed by atoms with Crippen LogP contribution in [0.1, 0.15) is 64.7 Å². The van der Waals surface area contributed by atoms with Gasteiger partial charge in [-0.3, -0.25) is 4.79 Å². The Balaban J connectivity index is 1.64. The second kappa shape index (κ2) is 7.51. The Bertz CT molecular complexity index is 589. The molecule has 0 spiro atoms. The van der Waals surface area contributed by atoms with Crippen LogP contribution in [0.25, 0.3) is 0 Å². The molecule has 0 saturated heterocycles. The quantitative estimate of drug-likeness (QED) is 0.540. The van der Waals surface area contributed by atoms with Gasteiger partial charge in [-0.2, -0.15) is 0 Å². The predicted molar refractivity (Wildman–Crippen MR) is 95.6 cm³/mol. The molecule has 0 radical (unpaired) electrons. The largest absolute Gasteiger partial charge is 0.481 e. The number of fused-ring (bicyclic) bond motifs is 1. The molecule has 0 aromatic carbocycles. The highest BCUT2D eigenvalue weighted by Crippen LogP contribution is 2.51. The van der Waals surface area contributed by atoms with Crippen LogP contribution < -0.4 is 0 Å². The van der Waals surface area contributed by atoms with Crippen molar-refractivity contribution in [1.82, 2.24) is 0 Å². The number of aliphatic hydroxyl groups is 2. The Morgan fingerprint density at radius 1 is 1.28 bits per heavy atom. The minimum Gasteiger partial charge on any atom is -0.481 e. The van der Waals surface area contributed by atoms with Gasteiger partial charge in [0.15, 0.2) is 0 Å². The van der Waals surface area contributed by atoms with Crippen molar-refractivity contribution >= 4 is 5.97 Å². The van der Waals surface area contributed by atoms with Crippen molar-refractivity contribution in [3.8, 4) is 11.8 Å². The number of aliphatic carboxylic acids is 1. The molecule has 4 nitrogen and oxygen atoms in total. The molecule has 3 saturated carbocycles. The van der Waals surface area contributed by atoms with E-state index in [0.717, 1.165) is 32.1 Å². The van der Waals surface area contributed by atoms with Crippen LogP contribution in [-0.4, -0.2) is 33.0 Å². The Hall–Kier alpha value is -1.31. The zero-order chi connectivity index (χ0) is 18.0. The summed E-state index contributed by atoms with van der Waals surface area (Å²) in [4.78, 5) is 10.6. The molecule has 0 aromatic heterocycles. The highest BCUT2D eigenvalue weighted by molar-refractivity contribution is 5.66. The molecule has 0 bridgehead atoms. The van der Waals surface area contributed by atoms with Crippen molar-refractivity contribution in [3.63, 3.8) is 0 Å². The van der Waals surface area contributed by atoms with Gasteiger partial charge in [-0.05, 0) is 63.2 Å². The summed E-state index contributed by atoms with van der Waals surface area (Å²) >= 11 is 0. The van der Waals surface area contributed by atoms with E-state index in [-0.39, 0.29) is 18.3 Å². The third kappa shape index (κ3) is 4.10. The SMILES string of the molecule is CC(O)(C#C[C@@H]1[C@H]2CC(=CCCC(=O)O)[C@H]2CC[C@H]1O)C1CCCC1. The first kappa shape index (κ1) is 18.5. The van der Waals surface area contributed by atoms with Gasteiger partial charge in [0.25, 0.3) is 0 Å². The summed E-state index contributed by atoms with van der Waals surface area (Å²) in [5, 5.41) is 29.9. The number of hydrogen-bond acceptors (Lipinski definition) is 3. The number of allylic oxidation sites excluding steroid dienone is 2. The fourth-order valence-corrected chi connectivity index (χ4v) is 4.91. The smallest absolute Gasteiger partial charge is 0.303 e. The third-order valence-corrected chi connectivity index (χ3v) is 6.52. The topological polar surface area (TPSA) is 77.8 Å². The van der Waals surface area contributed by atoms with E-state index in [4.69, 9.17) is 5.11 Å². The van der Waals surface area contributed by atoms with E-state index in [0.29, 0.717) is 18.3 Å². The minimum atomic E-state index is -0.951. The van der Waals surface area contributed by atoms with Crippen LogP contribution in [0.3, 0.4) is 0 Å². The van der Waals surface area contributed by atoms with Crippen molar-refractivity contribution < 1.29 is 20.1 Å². The van der Waals surface area contributed by atoms with Crippen molar-refractivity contribution in [3.05, 3.63) is 11.6 Å². The van der Waals surface area contributed by atoms with Gasteiger partial charge in [-0.25, -0.2) is 0 Å². The molecule has 138 valence electrons. The van der Waals surface area contributed by atoms with Crippen molar-refractivity contribution in [2.75, 3.05) is 0 Å². The fourth-order valence-electron chi connectivity index (χ4n) is 4.91. The second-order valence-corrected chi connectivity index (χ2v) is 8.25. The normalized spacial score (nSPS) is 36.0. The summed E-state index contributed by atoms with van der Waals surface area (Å²) in [5.41, 5.74) is 0.389. The number of carbonyl (C=O) groups is 1. The van der Waals surface area contributed by atoms with Gasteiger partial charge in [0.2, 0.25) is 0 Å². The highest BCUT2D eigenvalue weighted by Gasteiger charge is 2.46. The summed E-state index contributed by atoms with van der Waals surface area (Å²) in [7, 11) is 0. The Morgan fingerprint density at radius 3 is 2.68 bits per heavy atom. The summed E-state index contributed by atoms with van der Waals surface area (Å²) < 4.78 is 0. The lowest BCUT2D eigenvalue weighted by Gasteiger charge is -2.48. The lowest BCUT2D eigenvalue weighted by atomic mass is 9.57. The Morgan fingerprint density at radius 2 is 2.00 bits per heavy atom. The predicted octanol–water partition coefficient (Wildman–Crippen LogP) is 3.13. The molecule has 1 unspecified atom stereocenters. The number of aliphatic hydroxyl groups excluding tert-OH is 1. The lowest BCUT2D eigenvalue weighted by molar-refractivity contribution is -0.136. The molecule has 0 heterocycles. The molecule has 5 atom stereocenters. The molecule has 0 aliphatic heterocycles. The molecule has 0 amide bonds. The zero-order valence-corrected chi connectivity index (χ0v) is 15.1. The second-order valence-electron chi connectivity index (χ2n) is 8.25. The van der Waals surface area contributed by atoms with Crippen LogP contribution >= 0.6 is 0 Å². The Kier molecular flexibility index (Phi) is 5.55. The monoisotopic (exact) mass is 346 g/mol. The molecular formula is C21H30O4. The van der Waals surface area contributed by atoms with E-state index < -0.39 is 17.7 Å². The highest BCUT2D eigenvalue weighted by atomic mass is 16.4. The van der Waals surface area contributed by atoms with E-state index in [1.54, 1.807) is 0 Å². The average Bonchev–Trinajstić information content (AvgIpc) is 3.06. The summed E-state index contributed by atoms with van der Waals surface area (Å²) in [6.07, 6.45) is 9.46. The van der Waals surface area contributed by atoms with E-state index in [1.165, 1.54) is 18.4 Å². The molecule has 4 heteroatoms. The maximum Gasteiger partial charge on any atom is 0.303 e. The standard InChI is InChI=1S/C21H30O4/c1-21(25,15-6-2-3-7-15)12-11-17-18-13-14(5-4-8-20(23)24)16(18)9-10-19(17)22/h5,15-19,22,25H,2-4,6-10,13H2,1H3,(H,23,24)/t16-,17-,18+,19-,21?/m1/s1. The zero-order valence-electron chi connectivity index (χ0n) is 15.1. The number of carboxylic acid groups (broad SMARTS) is 1. The minimum absolute atomic E-state index is 0.0664. The van der Waals surface area contributed by atoms with Crippen LogP contribution in [-0.2, 0) is 4.79 Å². The van der Waals surface area contributed by atoms with Gasteiger partial charge in [-0.15, -0.1) is 0 Å². The Labute approximate surface area is 150 Å². The third-order valence-electron chi connectivity index (χ3n) is 6.52. The van der Waals surface area contributed by atoms with Gasteiger partial charge < -0.3 is 15.3 Å². The number of rotatable bonds is 4. The molecule has 3 N–H and O–H groups in total. The molecule has 0 aromatic rings. The van der Waals surface area contributed by atoms with Crippen LogP contribution in [0.4, 0.5) is 0 Å². The maximum absolute atomic E-state index is 10.7. The van der Waals surface area contributed by atoms with Gasteiger partial charge in [0.05, 0.1) is 12.0 Å². The molecule has 3 rings (SSSR count). The van der Waals surface area contributed by atoms with Gasteiger partial charge in [-0.1, -0.05) is 36.3 Å². The molecule has 3 fully saturated rings. The van der Waals surface area contributed by atoms with E-state index in [1.807, 2.05) is 6.92 Å². The fraction of sp³-hybridized carbons (Fsp3) is 0.762. The van der Waals surface area contributed by atoms with E-state index in [9.17, 15) is 15.0 Å². The van der Waals surface area contributed by atoms with Crippen molar-refractivity contribution in [2.24, 2.45) is 23.7 Å². The maximum atomic E-state index is 10.7. The van der Waals surface area contributed by atoms with Crippen LogP contribution in [0, 0.1) is 35.5 Å². The first-order valence-electron chi connectivity index (χ1n) is 9.72. The molecule has 25 heavy (non-hydrogen) atoms. The van der Waals surface area contributed by atoms with Gasteiger partial charge >= 0.3 is 5.97 Å². The first-order valence-corrected chi connectivity index (χ1v) is 9.72. The summed E-state index contributed by atoms with van der Waals surface area (Å²) in [5.74, 6) is 6.57. The number of carboxylic acids is 1. The molecular weight excluding hydrogens is 316 g/mol. The summed E-state index contributed by atoms with van der Waals surface area (Å²) in [6, 6.07) is 0. The lowest BCUT2D eigenvalue weighted by Crippen LogP contribution is -2.44. The van der Waals surface area contributed by atoms with Crippen LogP contribution in [0.2, 0.25) is 0 Å². The first-order chi connectivity index (χ1) is 11.9. The number of hydrogen-bond donors (Lipinski definition) is 3. The van der Waals surface area contributed by atoms with E-state index >= 15 is 0 Å². The van der Waals surface area contributed by atoms with Crippen LogP contribution in [0.5, 0.6) is 0 Å². The summed E-state index contributed by atoms with van der Waals surface area (Å²) in [6.45, 7) is 1.82. The average molecular weight is 346 g/mol. The van der Waals surface area contributed by atoms with Crippen molar-refractivity contribution in [2.45, 2.75) is 76.4 Å². The van der Waals surface area contributed by atoms with Gasteiger partial charge in [0.1, 0.15) is 5.60 Å². The molecule has 3 aliphatic carbocycles. The van der Waals surface area contributed by atoms with E-state index in [2.05, 4.69) is 17.9 Å². The van der Waals surface area contributed by atoms with Gasteiger partial charge in [0, 0.05) is 6.42 Å².